The van der Waals surface area contributed by atoms with Crippen molar-refractivity contribution in [2.75, 3.05) is 6.61 Å². The number of phenols is 1. The Bertz CT molecular complexity index is 717. The normalized spacial score (nSPS) is 10.7. The van der Waals surface area contributed by atoms with E-state index in [9.17, 15) is 4.79 Å². The summed E-state index contributed by atoms with van der Waals surface area (Å²) in [6.45, 7) is 1.79. The molecule has 0 saturated carbocycles. The monoisotopic (exact) mass is 330 g/mol. The molecule has 0 atom stereocenters. The summed E-state index contributed by atoms with van der Waals surface area (Å²) < 4.78 is 5.34. The fourth-order valence-electron chi connectivity index (χ4n) is 1.72. The van der Waals surface area contributed by atoms with E-state index in [0.29, 0.717) is 6.61 Å². The van der Waals surface area contributed by atoms with E-state index < -0.39 is 11.9 Å². The summed E-state index contributed by atoms with van der Waals surface area (Å²) in [7, 11) is 0. The highest BCUT2D eigenvalue weighted by molar-refractivity contribution is 5.90. The van der Waals surface area contributed by atoms with Crippen LogP contribution in [-0.2, 0) is 4.79 Å². The third kappa shape index (κ3) is 6.65. The number of benzene rings is 2. The molecular weight excluding hydrogens is 312 g/mol. The first-order valence-electron chi connectivity index (χ1n) is 7.01. The van der Waals surface area contributed by atoms with E-state index in [0.717, 1.165) is 12.7 Å². The molecule has 1 aliphatic heterocycles. The van der Waals surface area contributed by atoms with Crippen LogP contribution in [0.4, 0.5) is 0 Å². The first-order valence-corrected chi connectivity index (χ1v) is 7.01. The van der Waals surface area contributed by atoms with Gasteiger partial charge in [0.25, 0.3) is 5.97 Å². The van der Waals surface area contributed by atoms with E-state index in [-0.39, 0.29) is 11.3 Å². The number of hydrogen-bond donors (Lipinski definition) is 3. The molecule has 0 saturated heterocycles. The van der Waals surface area contributed by atoms with E-state index in [1.54, 1.807) is 12.1 Å². The van der Waals surface area contributed by atoms with Crippen LogP contribution in [0.2, 0.25) is 0 Å². The quantitative estimate of drug-likeness (QED) is 0.741. The van der Waals surface area contributed by atoms with Crippen molar-refractivity contribution in [2.45, 2.75) is 6.92 Å². The van der Waals surface area contributed by atoms with Crippen LogP contribution in [0.5, 0.6) is 11.5 Å². The van der Waals surface area contributed by atoms with E-state index in [2.05, 4.69) is 6.08 Å². The summed E-state index contributed by atoms with van der Waals surface area (Å²) in [5, 5.41) is 24.7. The van der Waals surface area contributed by atoms with E-state index in [4.69, 9.17) is 24.9 Å². The van der Waals surface area contributed by atoms with Gasteiger partial charge in [0.05, 0.1) is 0 Å². The molecule has 0 unspecified atom stereocenters. The summed E-state index contributed by atoms with van der Waals surface area (Å²) in [5.74, 6) is -1.15. The predicted molar refractivity (Wildman–Crippen MR) is 89.3 cm³/mol. The van der Waals surface area contributed by atoms with Gasteiger partial charge in [-0.25, -0.2) is 4.79 Å². The maximum absolute atomic E-state index is 10.3. The molecule has 3 N–H and O–H groups in total. The van der Waals surface area contributed by atoms with Crippen molar-refractivity contribution in [1.29, 1.82) is 0 Å². The predicted octanol–water partition coefficient (Wildman–Crippen LogP) is 3.27. The van der Waals surface area contributed by atoms with Gasteiger partial charge in [0.1, 0.15) is 23.7 Å². The number of rotatable bonds is 1. The van der Waals surface area contributed by atoms with Crippen LogP contribution in [0.3, 0.4) is 0 Å². The zero-order valence-corrected chi connectivity index (χ0v) is 13.0. The number of fused-ring (bicyclic) bond motifs is 1. The molecule has 126 valence electrons. The lowest BCUT2D eigenvalue weighted by molar-refractivity contribution is -0.134. The Kier molecular flexibility index (Phi) is 7.57. The molecule has 1 heterocycles. The van der Waals surface area contributed by atoms with E-state index in [1.165, 1.54) is 17.7 Å². The average Bonchev–Trinajstić information content (AvgIpc) is 2.55. The first kappa shape index (κ1) is 18.8. The number of carbonyl (C=O) groups is 2. The van der Waals surface area contributed by atoms with Crippen molar-refractivity contribution in [3.8, 4) is 11.5 Å². The highest BCUT2D eigenvalue weighted by Gasteiger charge is 2.05. The molecule has 0 fully saturated rings. The maximum atomic E-state index is 10.3. The van der Waals surface area contributed by atoms with Crippen molar-refractivity contribution in [3.05, 3.63) is 65.7 Å². The minimum atomic E-state index is -1.11. The molecule has 0 amide bonds. The number of aliphatic carboxylic acids is 1. The van der Waals surface area contributed by atoms with Gasteiger partial charge < -0.3 is 20.1 Å². The first-order chi connectivity index (χ1) is 11.4. The molecule has 6 heteroatoms. The number of ether oxygens (including phenoxy) is 1. The van der Waals surface area contributed by atoms with Gasteiger partial charge in [-0.05, 0) is 24.3 Å². The Labute approximate surface area is 139 Å². The smallest absolute Gasteiger partial charge is 0.339 e. The van der Waals surface area contributed by atoms with Crippen LogP contribution in [0.25, 0.3) is 6.08 Å². The summed E-state index contributed by atoms with van der Waals surface area (Å²) in [6.07, 6.45) is 4.10. The number of aromatic hydroxyl groups is 1. The van der Waals surface area contributed by atoms with Crippen molar-refractivity contribution in [2.24, 2.45) is 0 Å². The molecule has 2 aromatic rings. The summed E-state index contributed by atoms with van der Waals surface area (Å²) in [4.78, 5) is 19.3. The Morgan fingerprint density at radius 3 is 2.12 bits per heavy atom. The fraction of sp³-hybridized carbons (Fsp3) is 0.111. The summed E-state index contributed by atoms with van der Waals surface area (Å²) >= 11 is 0. The van der Waals surface area contributed by atoms with Gasteiger partial charge in [-0.1, -0.05) is 36.4 Å². The lowest BCUT2D eigenvalue weighted by atomic mass is 10.1. The summed E-state index contributed by atoms with van der Waals surface area (Å²) in [5.41, 5.74) is 1.11. The van der Waals surface area contributed by atoms with Gasteiger partial charge >= 0.3 is 5.97 Å². The van der Waals surface area contributed by atoms with Gasteiger partial charge in [-0.2, -0.15) is 0 Å². The van der Waals surface area contributed by atoms with Crippen molar-refractivity contribution < 1.29 is 29.6 Å². The van der Waals surface area contributed by atoms with Crippen molar-refractivity contribution >= 4 is 18.0 Å². The van der Waals surface area contributed by atoms with Crippen molar-refractivity contribution in [1.82, 2.24) is 0 Å². The van der Waals surface area contributed by atoms with Gasteiger partial charge in [0, 0.05) is 12.5 Å². The van der Waals surface area contributed by atoms with Gasteiger partial charge in [-0.3, -0.25) is 4.79 Å². The van der Waals surface area contributed by atoms with E-state index >= 15 is 0 Å². The standard InChI is InChI=1S/C9H8O.C7H6O3.C2H4O2/c1-2-6-9-8(4-1)5-3-7-10-9;8-6-4-2-1-3-5(6)7(9)10;1-2(3)4/h1-6H,7H2;1-4,8H,(H,9,10);1H3,(H,3,4). The number of para-hydroxylation sites is 2. The topological polar surface area (TPSA) is 104 Å². The molecule has 0 aliphatic carbocycles. The number of aromatic carboxylic acids is 1. The lowest BCUT2D eigenvalue weighted by Crippen LogP contribution is -1.98. The van der Waals surface area contributed by atoms with Crippen LogP contribution in [0.1, 0.15) is 22.8 Å². The second-order valence-corrected chi connectivity index (χ2v) is 4.59. The van der Waals surface area contributed by atoms with Crippen LogP contribution >= 0.6 is 0 Å². The number of carboxylic acid groups (broad SMARTS) is 2. The van der Waals surface area contributed by atoms with Gasteiger partial charge in [-0.15, -0.1) is 0 Å². The fourth-order valence-corrected chi connectivity index (χ4v) is 1.72. The highest BCUT2D eigenvalue weighted by Crippen LogP contribution is 2.21. The zero-order valence-electron chi connectivity index (χ0n) is 13.0. The van der Waals surface area contributed by atoms with Crippen LogP contribution in [0.15, 0.2) is 54.6 Å². The number of hydrogen-bond acceptors (Lipinski definition) is 4. The van der Waals surface area contributed by atoms with E-state index in [1.807, 2.05) is 30.3 Å². The Balaban J connectivity index is 0.000000198. The SMILES string of the molecule is C1=Cc2ccccc2OC1.CC(=O)O.O=C(O)c1ccccc1O. The number of carboxylic acids is 2. The molecule has 0 aromatic heterocycles. The maximum Gasteiger partial charge on any atom is 0.339 e. The molecule has 3 rings (SSSR count). The Hall–Kier alpha value is -3.28. The molecule has 0 spiro atoms. The summed E-state index contributed by atoms with van der Waals surface area (Å²) in [6, 6.07) is 13.8. The third-order valence-corrected chi connectivity index (χ3v) is 2.69. The van der Waals surface area contributed by atoms with Crippen LogP contribution in [0, 0.1) is 0 Å². The Morgan fingerprint density at radius 1 is 1.00 bits per heavy atom. The van der Waals surface area contributed by atoms with Gasteiger partial charge in [0.15, 0.2) is 0 Å². The van der Waals surface area contributed by atoms with Crippen LogP contribution < -0.4 is 4.74 Å². The third-order valence-electron chi connectivity index (χ3n) is 2.69. The van der Waals surface area contributed by atoms with Crippen molar-refractivity contribution in [3.63, 3.8) is 0 Å². The van der Waals surface area contributed by atoms with Crippen LogP contribution in [-0.4, -0.2) is 33.9 Å². The molecule has 6 nitrogen and oxygen atoms in total. The molecule has 24 heavy (non-hydrogen) atoms. The zero-order chi connectivity index (χ0) is 17.9. The lowest BCUT2D eigenvalue weighted by Gasteiger charge is -2.10. The second kappa shape index (κ2) is 9.68. The minimum Gasteiger partial charge on any atom is -0.507 e. The Morgan fingerprint density at radius 2 is 1.58 bits per heavy atom. The second-order valence-electron chi connectivity index (χ2n) is 4.59. The molecule has 0 bridgehead atoms. The average molecular weight is 330 g/mol. The molecule has 1 aliphatic rings. The molecule has 0 radical (unpaired) electrons. The molecular formula is C18H18O6. The minimum absolute atomic E-state index is 0.0671. The highest BCUT2D eigenvalue weighted by atomic mass is 16.5. The van der Waals surface area contributed by atoms with Gasteiger partial charge in [0.2, 0.25) is 0 Å². The largest absolute Gasteiger partial charge is 0.507 e. The molecule has 2 aromatic carbocycles.